The first-order valence-corrected chi connectivity index (χ1v) is 8.01. The Labute approximate surface area is 147 Å². The fourth-order valence-corrected chi connectivity index (χ4v) is 2.12. The molecule has 0 saturated heterocycles. The van der Waals surface area contributed by atoms with Gasteiger partial charge < -0.3 is 11.1 Å². The first kappa shape index (κ1) is 18.5. The average molecular weight is 363 g/mol. The number of rotatable bonds is 5. The number of carbonyl (C=O) groups is 1. The van der Waals surface area contributed by atoms with Crippen LogP contribution in [0, 0.1) is 0 Å². The first-order chi connectivity index (χ1) is 12.0. The molecule has 3 N–H and O–H groups in total. The molecule has 0 saturated carbocycles. The Balaban J connectivity index is 2.09. The van der Waals surface area contributed by atoms with Gasteiger partial charge in [-0.3, -0.25) is 9.78 Å². The highest BCUT2D eigenvalue weighted by Gasteiger charge is 2.11. The third-order valence-corrected chi connectivity index (χ3v) is 3.56. The maximum Gasteiger partial charge on any atom is 0.274 e. The van der Waals surface area contributed by atoms with Crippen LogP contribution >= 0.6 is 11.8 Å². The van der Waals surface area contributed by atoms with Crippen LogP contribution in [0.5, 0.6) is 0 Å². The lowest BCUT2D eigenvalue weighted by atomic mass is 10.2. The number of thioether (sulfide) groups is 1. The number of anilines is 1. The zero-order valence-electron chi connectivity index (χ0n) is 13.2. The minimum atomic E-state index is -2.63. The summed E-state index contributed by atoms with van der Waals surface area (Å²) in [4.78, 5) is 24.0. The summed E-state index contributed by atoms with van der Waals surface area (Å²) in [6.45, 7) is 1.86. The Bertz CT molecular complexity index is 793. The van der Waals surface area contributed by atoms with Gasteiger partial charge >= 0.3 is 0 Å². The highest BCUT2D eigenvalue weighted by Crippen LogP contribution is 2.19. The van der Waals surface area contributed by atoms with Gasteiger partial charge in [-0.1, -0.05) is 17.8 Å². The van der Waals surface area contributed by atoms with Crippen LogP contribution < -0.4 is 11.1 Å². The molecule has 0 aliphatic carbocycles. The normalized spacial score (nSPS) is 11.9. The van der Waals surface area contributed by atoms with Gasteiger partial charge in [0.15, 0.2) is 11.0 Å². The van der Waals surface area contributed by atoms with E-state index >= 15 is 0 Å². The molecular weight excluding hydrogens is 348 g/mol. The molecule has 0 aromatic carbocycles. The van der Waals surface area contributed by atoms with Crippen molar-refractivity contribution >= 4 is 34.3 Å². The number of halogens is 2. The molecule has 0 unspecified atom stereocenters. The molecule has 25 heavy (non-hydrogen) atoms. The Hall–Kier alpha value is -2.81. The molecule has 0 radical (unpaired) electrons. The largest absolute Gasteiger partial charge is 0.378 e. The van der Waals surface area contributed by atoms with Crippen LogP contribution in [0.1, 0.15) is 29.4 Å². The monoisotopic (exact) mass is 363 g/mol. The third kappa shape index (κ3) is 5.64. The van der Waals surface area contributed by atoms with Crippen molar-refractivity contribution in [3.8, 4) is 0 Å². The minimum Gasteiger partial charge on any atom is -0.378 e. The van der Waals surface area contributed by atoms with Crippen LogP contribution in [-0.2, 0) is 0 Å². The van der Waals surface area contributed by atoms with Gasteiger partial charge in [-0.05, 0) is 30.5 Å². The van der Waals surface area contributed by atoms with Crippen molar-refractivity contribution in [2.75, 3.05) is 5.32 Å². The number of nitrogens with zero attached hydrogens (tertiary/aromatic N) is 3. The second-order valence-electron chi connectivity index (χ2n) is 4.67. The molecule has 1 amide bonds. The number of aliphatic imine (C=N–C) groups is 1. The van der Waals surface area contributed by atoms with E-state index in [1.54, 1.807) is 11.5 Å². The number of nitrogens with two attached hydrogens (primary N) is 1. The number of alkyl halides is 2. The standard InChI is InChI=1S/C16H15F2N5OS/c1-2-7-25-16(19)23-13-8-11(5-6-20-13)22-15(24)12-4-3-10(9-21-12)14(17)18/h2-9,14H,1H3,(H3,19,20,22,23,24)/b7-2-. The highest BCUT2D eigenvalue weighted by molar-refractivity contribution is 8.16. The van der Waals surface area contributed by atoms with E-state index < -0.39 is 12.3 Å². The van der Waals surface area contributed by atoms with E-state index in [-0.39, 0.29) is 11.3 Å². The van der Waals surface area contributed by atoms with Gasteiger partial charge in [-0.15, -0.1) is 0 Å². The van der Waals surface area contributed by atoms with E-state index in [9.17, 15) is 13.6 Å². The highest BCUT2D eigenvalue weighted by atomic mass is 32.2. The molecule has 9 heteroatoms. The van der Waals surface area contributed by atoms with Crippen LogP contribution in [0.15, 0.2) is 53.1 Å². The predicted molar refractivity (Wildman–Crippen MR) is 95.1 cm³/mol. The van der Waals surface area contributed by atoms with Gasteiger partial charge in [0.05, 0.1) is 0 Å². The number of amides is 1. The van der Waals surface area contributed by atoms with E-state index in [1.807, 2.05) is 13.0 Å². The van der Waals surface area contributed by atoms with Gasteiger partial charge in [-0.25, -0.2) is 18.8 Å². The van der Waals surface area contributed by atoms with E-state index in [0.29, 0.717) is 16.7 Å². The fraction of sp³-hybridized carbons (Fsp3) is 0.125. The summed E-state index contributed by atoms with van der Waals surface area (Å²) in [7, 11) is 0. The third-order valence-electron chi connectivity index (χ3n) is 2.82. The Kier molecular flexibility index (Phi) is 6.58. The fourth-order valence-electron chi connectivity index (χ4n) is 1.70. The topological polar surface area (TPSA) is 93.3 Å². The summed E-state index contributed by atoms with van der Waals surface area (Å²) >= 11 is 1.24. The zero-order valence-corrected chi connectivity index (χ0v) is 14.0. The first-order valence-electron chi connectivity index (χ1n) is 7.13. The minimum absolute atomic E-state index is 0.0226. The lowest BCUT2D eigenvalue weighted by Gasteiger charge is -2.06. The zero-order chi connectivity index (χ0) is 18.2. The lowest BCUT2D eigenvalue weighted by Crippen LogP contribution is -2.13. The van der Waals surface area contributed by atoms with Gasteiger partial charge in [0.1, 0.15) is 5.69 Å². The van der Waals surface area contributed by atoms with Crippen molar-refractivity contribution in [1.82, 2.24) is 9.97 Å². The summed E-state index contributed by atoms with van der Waals surface area (Å²) in [5.41, 5.74) is 5.95. The Morgan fingerprint density at radius 1 is 1.36 bits per heavy atom. The lowest BCUT2D eigenvalue weighted by molar-refractivity contribution is 0.102. The quantitative estimate of drug-likeness (QED) is 0.621. The summed E-state index contributed by atoms with van der Waals surface area (Å²) < 4.78 is 25.0. The van der Waals surface area contributed by atoms with Gasteiger partial charge in [-0.2, -0.15) is 0 Å². The molecule has 2 heterocycles. The number of carbonyl (C=O) groups excluding carboxylic acids is 1. The van der Waals surface area contributed by atoms with Crippen molar-refractivity contribution in [3.05, 3.63) is 59.4 Å². The van der Waals surface area contributed by atoms with Crippen molar-refractivity contribution in [1.29, 1.82) is 0 Å². The molecule has 0 aliphatic rings. The Morgan fingerprint density at radius 3 is 2.80 bits per heavy atom. The van der Waals surface area contributed by atoms with Crippen molar-refractivity contribution in [2.24, 2.45) is 10.7 Å². The van der Waals surface area contributed by atoms with Gasteiger partial charge in [0, 0.05) is 29.7 Å². The summed E-state index contributed by atoms with van der Waals surface area (Å²) in [6.07, 6.45) is 1.64. The average Bonchev–Trinajstić information content (AvgIpc) is 2.60. The van der Waals surface area contributed by atoms with Gasteiger partial charge in [0.25, 0.3) is 12.3 Å². The summed E-state index contributed by atoms with van der Waals surface area (Å²) in [6, 6.07) is 5.51. The van der Waals surface area contributed by atoms with E-state index in [1.165, 1.54) is 30.1 Å². The van der Waals surface area contributed by atoms with Crippen LogP contribution in [-0.4, -0.2) is 21.0 Å². The van der Waals surface area contributed by atoms with E-state index in [0.717, 1.165) is 12.3 Å². The van der Waals surface area contributed by atoms with Crippen LogP contribution in [0.4, 0.5) is 20.3 Å². The van der Waals surface area contributed by atoms with Crippen LogP contribution in [0.3, 0.4) is 0 Å². The smallest absolute Gasteiger partial charge is 0.274 e. The number of nitrogens with one attached hydrogen (secondary N) is 1. The maximum atomic E-state index is 12.5. The Morgan fingerprint density at radius 2 is 2.16 bits per heavy atom. The van der Waals surface area contributed by atoms with Crippen molar-refractivity contribution in [2.45, 2.75) is 13.3 Å². The molecule has 0 atom stereocenters. The molecule has 130 valence electrons. The SMILES string of the molecule is C/C=C\SC(N)=Nc1cc(NC(=O)c2ccc(C(F)F)cn2)ccn1. The number of amidine groups is 1. The number of allylic oxidation sites excluding steroid dienone is 1. The van der Waals surface area contributed by atoms with E-state index in [4.69, 9.17) is 5.73 Å². The summed E-state index contributed by atoms with van der Waals surface area (Å²) in [5, 5.41) is 4.68. The molecule has 6 nitrogen and oxygen atoms in total. The van der Waals surface area contributed by atoms with Crippen LogP contribution in [0.25, 0.3) is 0 Å². The molecule has 2 aromatic rings. The molecule has 0 aliphatic heterocycles. The van der Waals surface area contributed by atoms with E-state index in [2.05, 4.69) is 20.3 Å². The van der Waals surface area contributed by atoms with Crippen LogP contribution in [0.2, 0.25) is 0 Å². The number of hydrogen-bond donors (Lipinski definition) is 2. The predicted octanol–water partition coefficient (Wildman–Crippen LogP) is 3.88. The molecule has 0 spiro atoms. The molecule has 0 bridgehead atoms. The van der Waals surface area contributed by atoms with Crippen molar-refractivity contribution in [3.63, 3.8) is 0 Å². The molecule has 0 fully saturated rings. The number of aromatic nitrogens is 2. The summed E-state index contributed by atoms with van der Waals surface area (Å²) in [5.74, 6) is -0.202. The number of pyridine rings is 2. The second-order valence-corrected chi connectivity index (χ2v) is 5.60. The maximum absolute atomic E-state index is 12.5. The molecular formula is C16H15F2N5OS. The van der Waals surface area contributed by atoms with Crippen molar-refractivity contribution < 1.29 is 13.6 Å². The molecule has 2 aromatic heterocycles. The second kappa shape index (κ2) is 8.88. The molecule has 2 rings (SSSR count). The van der Waals surface area contributed by atoms with Gasteiger partial charge in [0.2, 0.25) is 0 Å². The number of hydrogen-bond acceptors (Lipinski definition) is 5.